The fraction of sp³-hybridized carbons (Fsp3) is 0.261. The summed E-state index contributed by atoms with van der Waals surface area (Å²) in [4.78, 5) is 41.9. The van der Waals surface area contributed by atoms with E-state index >= 15 is 0 Å². The lowest BCUT2D eigenvalue weighted by molar-refractivity contribution is -0.115. The molecule has 0 atom stereocenters. The predicted octanol–water partition coefficient (Wildman–Crippen LogP) is 3.87. The van der Waals surface area contributed by atoms with Crippen molar-refractivity contribution < 1.29 is 4.79 Å². The van der Waals surface area contributed by atoms with E-state index in [9.17, 15) is 14.4 Å². The smallest absolute Gasteiger partial charge is 0.330 e. The second kappa shape index (κ2) is 11.1. The van der Waals surface area contributed by atoms with Crippen molar-refractivity contribution in [2.45, 2.75) is 32.9 Å². The van der Waals surface area contributed by atoms with Gasteiger partial charge in [0.15, 0.2) is 0 Å². The van der Waals surface area contributed by atoms with Gasteiger partial charge in [0.2, 0.25) is 5.91 Å². The Morgan fingerprint density at radius 2 is 1.85 bits per heavy atom. The van der Waals surface area contributed by atoms with E-state index in [4.69, 9.17) is 28.9 Å². The lowest BCUT2D eigenvalue weighted by Gasteiger charge is -2.26. The molecule has 1 heterocycles. The number of nitrogens with zero attached hydrogens (tertiary/aromatic N) is 2. The average Bonchev–Trinajstić information content (AvgIpc) is 2.77. The van der Waals surface area contributed by atoms with Gasteiger partial charge in [-0.25, -0.2) is 4.79 Å². The number of rotatable bonds is 9. The molecule has 0 spiro atoms. The van der Waals surface area contributed by atoms with E-state index < -0.39 is 17.2 Å². The van der Waals surface area contributed by atoms with Gasteiger partial charge in [-0.2, -0.15) is 0 Å². The number of carbonyl (C=O) groups excluding carboxylic acids is 1. The lowest BCUT2D eigenvalue weighted by atomic mass is 10.2. The largest absolute Gasteiger partial charge is 0.383 e. The van der Waals surface area contributed by atoms with Crippen molar-refractivity contribution in [3.8, 4) is 0 Å². The van der Waals surface area contributed by atoms with Crippen molar-refractivity contribution in [1.29, 1.82) is 0 Å². The zero-order chi connectivity index (χ0) is 24.0. The molecule has 1 amide bonds. The molecule has 0 aliphatic rings. The van der Waals surface area contributed by atoms with Crippen LogP contribution in [-0.4, -0.2) is 22.0 Å². The Balaban J connectivity index is 1.98. The number of unbranched alkanes of at least 4 members (excludes halogenated alkanes) is 1. The van der Waals surface area contributed by atoms with Crippen LogP contribution in [0.5, 0.6) is 0 Å². The summed E-state index contributed by atoms with van der Waals surface area (Å²) in [7, 11) is 0. The quantitative estimate of drug-likeness (QED) is 0.422. The van der Waals surface area contributed by atoms with Crippen LogP contribution >= 0.6 is 23.2 Å². The molecule has 10 heteroatoms. The minimum absolute atomic E-state index is 0.0155. The molecule has 3 aromatic rings. The van der Waals surface area contributed by atoms with Gasteiger partial charge in [-0.15, -0.1) is 0 Å². The van der Waals surface area contributed by atoms with Crippen molar-refractivity contribution >= 4 is 46.3 Å². The third kappa shape index (κ3) is 5.97. The number of benzene rings is 2. The monoisotopic (exact) mass is 489 g/mol. The van der Waals surface area contributed by atoms with Crippen LogP contribution in [0.25, 0.3) is 0 Å². The van der Waals surface area contributed by atoms with E-state index in [1.54, 1.807) is 23.1 Å². The summed E-state index contributed by atoms with van der Waals surface area (Å²) in [5, 5.41) is 3.24. The van der Waals surface area contributed by atoms with E-state index in [0.717, 1.165) is 12.0 Å². The molecule has 33 heavy (non-hydrogen) atoms. The van der Waals surface area contributed by atoms with Crippen LogP contribution in [-0.2, 0) is 17.9 Å². The van der Waals surface area contributed by atoms with Crippen LogP contribution in [0, 0.1) is 0 Å². The number of halogens is 2. The summed E-state index contributed by atoms with van der Waals surface area (Å²) in [6.45, 7) is 2.35. The van der Waals surface area contributed by atoms with Crippen molar-refractivity contribution in [3.05, 3.63) is 85.0 Å². The highest BCUT2D eigenvalue weighted by atomic mass is 35.5. The van der Waals surface area contributed by atoms with Crippen LogP contribution in [0.3, 0.4) is 0 Å². The van der Waals surface area contributed by atoms with Gasteiger partial charge in [-0.3, -0.25) is 19.1 Å². The SMILES string of the molecule is CCCCn1c(N)c(N(CC(=O)Nc2cccc(Cl)c2Cl)Cc2ccccc2)c(=O)[nH]c1=O. The Morgan fingerprint density at radius 3 is 2.55 bits per heavy atom. The molecule has 0 bridgehead atoms. The number of aromatic amines is 1. The van der Waals surface area contributed by atoms with Gasteiger partial charge in [0, 0.05) is 13.1 Å². The molecule has 0 aliphatic heterocycles. The predicted molar refractivity (Wildman–Crippen MR) is 133 cm³/mol. The summed E-state index contributed by atoms with van der Waals surface area (Å²) in [6, 6.07) is 14.2. The Labute approximate surface area is 200 Å². The van der Waals surface area contributed by atoms with Gasteiger partial charge in [-0.05, 0) is 24.1 Å². The number of hydrogen-bond acceptors (Lipinski definition) is 5. The first-order chi connectivity index (χ1) is 15.8. The number of nitrogen functional groups attached to an aromatic ring is 1. The van der Waals surface area contributed by atoms with Gasteiger partial charge in [0.25, 0.3) is 5.56 Å². The average molecular weight is 490 g/mol. The molecule has 3 rings (SSSR count). The first-order valence-corrected chi connectivity index (χ1v) is 11.2. The topological polar surface area (TPSA) is 113 Å². The minimum Gasteiger partial charge on any atom is -0.383 e. The fourth-order valence-corrected chi connectivity index (χ4v) is 3.75. The third-order valence-corrected chi connectivity index (χ3v) is 5.86. The molecule has 0 fully saturated rings. The maximum Gasteiger partial charge on any atom is 0.330 e. The number of hydrogen-bond donors (Lipinski definition) is 3. The van der Waals surface area contributed by atoms with Gasteiger partial charge in [0.1, 0.15) is 11.5 Å². The van der Waals surface area contributed by atoms with Crippen LogP contribution in [0.1, 0.15) is 25.3 Å². The van der Waals surface area contributed by atoms with Crippen molar-refractivity contribution in [1.82, 2.24) is 9.55 Å². The number of anilines is 3. The van der Waals surface area contributed by atoms with Crippen LogP contribution in [0.15, 0.2) is 58.1 Å². The molecule has 2 aromatic carbocycles. The summed E-state index contributed by atoms with van der Waals surface area (Å²) in [5.74, 6) is -0.415. The van der Waals surface area contributed by atoms with Crippen molar-refractivity contribution in [3.63, 3.8) is 0 Å². The van der Waals surface area contributed by atoms with Crippen LogP contribution in [0.2, 0.25) is 10.0 Å². The Bertz CT molecular complexity index is 1240. The van der Waals surface area contributed by atoms with Crippen molar-refractivity contribution in [2.24, 2.45) is 0 Å². The minimum atomic E-state index is -0.658. The maximum atomic E-state index is 12.9. The molecule has 0 radical (unpaired) electrons. The highest BCUT2D eigenvalue weighted by molar-refractivity contribution is 6.44. The first-order valence-electron chi connectivity index (χ1n) is 10.5. The first kappa shape index (κ1) is 24.4. The molecule has 0 saturated carbocycles. The standard InChI is InChI=1S/C23H25Cl2N5O3/c1-2-3-12-30-21(26)20(22(32)28-23(30)33)29(13-15-8-5-4-6-9-15)14-18(31)27-17-11-7-10-16(24)19(17)25/h4-11H,2-3,12-14,26H2,1H3,(H,27,31)(H,28,32,33). The molecule has 0 unspecified atom stereocenters. The van der Waals surface area contributed by atoms with E-state index in [1.807, 2.05) is 37.3 Å². The van der Waals surface area contributed by atoms with E-state index in [0.29, 0.717) is 23.7 Å². The van der Waals surface area contributed by atoms with Gasteiger partial charge >= 0.3 is 5.69 Å². The van der Waals surface area contributed by atoms with Gasteiger partial charge in [0.05, 0.1) is 22.3 Å². The van der Waals surface area contributed by atoms with Gasteiger partial charge < -0.3 is 16.0 Å². The number of amides is 1. The lowest BCUT2D eigenvalue weighted by Crippen LogP contribution is -2.41. The Morgan fingerprint density at radius 1 is 1.12 bits per heavy atom. The number of nitrogens with two attached hydrogens (primary N) is 1. The van der Waals surface area contributed by atoms with E-state index in [1.165, 1.54) is 4.57 Å². The number of aromatic nitrogens is 2. The second-order valence-electron chi connectivity index (χ2n) is 7.49. The normalized spacial score (nSPS) is 10.8. The molecule has 8 nitrogen and oxygen atoms in total. The zero-order valence-electron chi connectivity index (χ0n) is 18.1. The molecule has 174 valence electrons. The highest BCUT2D eigenvalue weighted by Crippen LogP contribution is 2.29. The molecule has 0 aliphatic carbocycles. The summed E-state index contributed by atoms with van der Waals surface area (Å²) in [5.41, 5.74) is 6.31. The molecule has 4 N–H and O–H groups in total. The second-order valence-corrected chi connectivity index (χ2v) is 8.27. The van der Waals surface area contributed by atoms with Crippen LogP contribution in [0.4, 0.5) is 17.2 Å². The number of carbonyl (C=O) groups is 1. The van der Waals surface area contributed by atoms with Gasteiger partial charge in [-0.1, -0.05) is 72.9 Å². The Hall–Kier alpha value is -3.23. The molecule has 0 saturated heterocycles. The summed E-state index contributed by atoms with van der Waals surface area (Å²) in [6.07, 6.45) is 1.55. The van der Waals surface area contributed by atoms with Crippen molar-refractivity contribution in [2.75, 3.05) is 22.5 Å². The fourth-order valence-electron chi connectivity index (χ4n) is 3.40. The summed E-state index contributed by atoms with van der Waals surface area (Å²) < 4.78 is 1.32. The van der Waals surface area contributed by atoms with E-state index in [-0.39, 0.29) is 29.6 Å². The maximum absolute atomic E-state index is 12.9. The zero-order valence-corrected chi connectivity index (χ0v) is 19.6. The number of H-pyrrole nitrogens is 1. The highest BCUT2D eigenvalue weighted by Gasteiger charge is 2.22. The summed E-state index contributed by atoms with van der Waals surface area (Å²) >= 11 is 12.2. The number of nitrogens with one attached hydrogen (secondary N) is 2. The van der Waals surface area contributed by atoms with Crippen LogP contribution < -0.4 is 27.2 Å². The third-order valence-electron chi connectivity index (χ3n) is 5.04. The molecular formula is C23H25Cl2N5O3. The molecule has 1 aromatic heterocycles. The Kier molecular flexibility index (Phi) is 8.19. The molecular weight excluding hydrogens is 465 g/mol. The van der Waals surface area contributed by atoms with E-state index in [2.05, 4.69) is 10.3 Å².